The van der Waals surface area contributed by atoms with Crippen LogP contribution >= 0.6 is 0 Å². The zero-order valence-electron chi connectivity index (χ0n) is 19.7. The summed E-state index contributed by atoms with van der Waals surface area (Å²) in [5.41, 5.74) is 5.87. The van der Waals surface area contributed by atoms with Gasteiger partial charge in [-0.3, -0.25) is 14.5 Å². The van der Waals surface area contributed by atoms with Crippen molar-refractivity contribution in [1.29, 1.82) is 0 Å². The van der Waals surface area contributed by atoms with E-state index in [0.717, 1.165) is 40.1 Å². The molecule has 5 rings (SSSR count). The minimum Gasteiger partial charge on any atom is -0.352 e. The first-order valence-corrected chi connectivity index (χ1v) is 11.8. The van der Waals surface area contributed by atoms with Crippen LogP contribution < -0.4 is 5.32 Å². The van der Waals surface area contributed by atoms with Gasteiger partial charge in [-0.15, -0.1) is 0 Å². The number of pyridine rings is 1. The van der Waals surface area contributed by atoms with Gasteiger partial charge in [0.25, 0.3) is 0 Å². The second-order valence-corrected chi connectivity index (χ2v) is 8.35. The van der Waals surface area contributed by atoms with Gasteiger partial charge in [-0.05, 0) is 54.0 Å². The number of hydrogen-bond donors (Lipinski definition) is 1. The lowest BCUT2D eigenvalue weighted by Gasteiger charge is -2.05. The van der Waals surface area contributed by atoms with Crippen LogP contribution in [0, 0.1) is 0 Å². The predicted octanol–water partition coefficient (Wildman–Crippen LogP) is 4.55. The van der Waals surface area contributed by atoms with Crippen LogP contribution in [-0.2, 0) is 17.8 Å². The van der Waals surface area contributed by atoms with Crippen molar-refractivity contribution in [1.82, 2.24) is 29.9 Å². The van der Waals surface area contributed by atoms with Crippen molar-refractivity contribution in [2.45, 2.75) is 13.0 Å². The summed E-state index contributed by atoms with van der Waals surface area (Å²) < 4.78 is 3.71. The fourth-order valence-corrected chi connectivity index (χ4v) is 3.93. The number of nitrogens with one attached hydrogen (secondary N) is 1. The molecule has 7 heteroatoms. The number of rotatable bonds is 9. The molecule has 0 aliphatic rings. The fraction of sp³-hybridized carbons (Fsp3) is 0.103. The summed E-state index contributed by atoms with van der Waals surface area (Å²) in [7, 11) is 0. The number of hydrogen-bond acceptors (Lipinski definition) is 4. The molecule has 0 saturated carbocycles. The zero-order chi connectivity index (χ0) is 24.6. The van der Waals surface area contributed by atoms with Gasteiger partial charge in [0.2, 0.25) is 5.91 Å². The number of carbonyl (C=O) groups excluding carboxylic acids is 1. The molecule has 0 bridgehead atoms. The van der Waals surface area contributed by atoms with Crippen LogP contribution in [0.25, 0.3) is 23.0 Å². The van der Waals surface area contributed by atoms with Gasteiger partial charge >= 0.3 is 0 Å². The molecule has 0 fully saturated rings. The number of nitrogens with zero attached hydrogens (tertiary/aromatic N) is 5. The van der Waals surface area contributed by atoms with Gasteiger partial charge in [-0.1, -0.05) is 42.5 Å². The normalized spacial score (nSPS) is 11.1. The highest BCUT2D eigenvalue weighted by atomic mass is 16.1. The Morgan fingerprint density at radius 2 is 1.78 bits per heavy atom. The van der Waals surface area contributed by atoms with E-state index in [1.54, 1.807) is 24.7 Å². The molecule has 2 aromatic carbocycles. The van der Waals surface area contributed by atoms with E-state index < -0.39 is 0 Å². The molecular weight excluding hydrogens is 448 g/mol. The Morgan fingerprint density at radius 3 is 2.53 bits per heavy atom. The molecule has 7 nitrogen and oxygen atoms in total. The summed E-state index contributed by atoms with van der Waals surface area (Å²) in [4.78, 5) is 16.7. The molecule has 0 spiro atoms. The maximum Gasteiger partial charge on any atom is 0.244 e. The molecule has 178 valence electrons. The summed E-state index contributed by atoms with van der Waals surface area (Å²) in [6, 6.07) is 24.1. The van der Waals surface area contributed by atoms with E-state index in [0.29, 0.717) is 13.1 Å². The molecular formula is C29H26N6O. The third-order valence-electron chi connectivity index (χ3n) is 5.74. The van der Waals surface area contributed by atoms with Crippen molar-refractivity contribution in [3.05, 3.63) is 127 Å². The van der Waals surface area contributed by atoms with Crippen molar-refractivity contribution in [3.63, 3.8) is 0 Å². The molecule has 3 aromatic heterocycles. The standard InChI is InChI=1S/C29H26N6O/c36-28(31-18-15-23-9-12-27(13-10-23)35-19-5-17-32-35)14-11-26-22-34(21-24-6-2-1-3-7-24)33-29(26)25-8-4-16-30-20-25/h1-14,16-17,19-20,22H,15,18,21H2,(H,31,36)/b14-11+. The molecule has 5 aromatic rings. The molecule has 1 amide bonds. The van der Waals surface area contributed by atoms with Crippen molar-refractivity contribution < 1.29 is 4.79 Å². The molecule has 0 saturated heterocycles. The van der Waals surface area contributed by atoms with E-state index >= 15 is 0 Å². The van der Waals surface area contributed by atoms with Crippen molar-refractivity contribution >= 4 is 12.0 Å². The first-order valence-electron chi connectivity index (χ1n) is 11.8. The van der Waals surface area contributed by atoms with E-state index in [-0.39, 0.29) is 5.91 Å². The quantitative estimate of drug-likeness (QED) is 0.318. The maximum absolute atomic E-state index is 12.5. The molecule has 1 N–H and O–H groups in total. The van der Waals surface area contributed by atoms with Crippen LogP contribution in [0.1, 0.15) is 16.7 Å². The summed E-state index contributed by atoms with van der Waals surface area (Å²) >= 11 is 0. The minimum atomic E-state index is -0.142. The summed E-state index contributed by atoms with van der Waals surface area (Å²) in [6.45, 7) is 1.19. The molecule has 0 radical (unpaired) electrons. The predicted molar refractivity (Wildman–Crippen MR) is 140 cm³/mol. The molecule has 3 heterocycles. The highest BCUT2D eigenvalue weighted by molar-refractivity contribution is 5.92. The average molecular weight is 475 g/mol. The van der Waals surface area contributed by atoms with Crippen LogP contribution in [0.15, 0.2) is 110 Å². The fourth-order valence-electron chi connectivity index (χ4n) is 3.93. The van der Waals surface area contributed by atoms with Crippen LogP contribution in [0.2, 0.25) is 0 Å². The first-order chi connectivity index (χ1) is 17.7. The highest BCUT2D eigenvalue weighted by Gasteiger charge is 2.10. The topological polar surface area (TPSA) is 77.6 Å². The lowest BCUT2D eigenvalue weighted by molar-refractivity contribution is -0.116. The van der Waals surface area contributed by atoms with Gasteiger partial charge in [0.1, 0.15) is 5.69 Å². The van der Waals surface area contributed by atoms with Gasteiger partial charge < -0.3 is 5.32 Å². The monoisotopic (exact) mass is 474 g/mol. The Morgan fingerprint density at radius 1 is 0.917 bits per heavy atom. The number of aromatic nitrogens is 5. The Balaban J connectivity index is 1.22. The van der Waals surface area contributed by atoms with Crippen molar-refractivity contribution in [3.8, 4) is 16.9 Å². The van der Waals surface area contributed by atoms with Crippen LogP contribution in [0.5, 0.6) is 0 Å². The van der Waals surface area contributed by atoms with E-state index in [2.05, 4.69) is 39.7 Å². The summed E-state index contributed by atoms with van der Waals surface area (Å²) in [5, 5.41) is 12.0. The van der Waals surface area contributed by atoms with Gasteiger partial charge in [-0.2, -0.15) is 10.2 Å². The largest absolute Gasteiger partial charge is 0.352 e. The number of carbonyl (C=O) groups is 1. The van der Waals surface area contributed by atoms with Crippen molar-refractivity contribution in [2.75, 3.05) is 6.54 Å². The van der Waals surface area contributed by atoms with E-state index in [1.165, 1.54) is 0 Å². The maximum atomic E-state index is 12.5. The van der Waals surface area contributed by atoms with Crippen LogP contribution in [0.4, 0.5) is 0 Å². The SMILES string of the molecule is O=C(/C=C/c1cn(Cc2ccccc2)nc1-c1cccnc1)NCCc1ccc(-n2cccn2)cc1. The second kappa shape index (κ2) is 11.1. The second-order valence-electron chi connectivity index (χ2n) is 8.35. The Labute approximate surface area is 209 Å². The Bertz CT molecular complexity index is 1420. The molecule has 0 aliphatic heterocycles. The summed E-state index contributed by atoms with van der Waals surface area (Å²) in [6.07, 6.45) is 13.3. The van der Waals surface area contributed by atoms with E-state index in [9.17, 15) is 4.79 Å². The van der Waals surface area contributed by atoms with Gasteiger partial charge in [0, 0.05) is 54.7 Å². The lowest BCUT2D eigenvalue weighted by Crippen LogP contribution is -2.23. The van der Waals surface area contributed by atoms with E-state index in [4.69, 9.17) is 5.10 Å². The smallest absolute Gasteiger partial charge is 0.244 e. The van der Waals surface area contributed by atoms with Crippen molar-refractivity contribution in [2.24, 2.45) is 0 Å². The lowest BCUT2D eigenvalue weighted by atomic mass is 10.1. The highest BCUT2D eigenvalue weighted by Crippen LogP contribution is 2.23. The van der Waals surface area contributed by atoms with E-state index in [1.807, 2.05) is 76.4 Å². The van der Waals surface area contributed by atoms with Crippen LogP contribution in [0.3, 0.4) is 0 Å². The zero-order valence-corrected chi connectivity index (χ0v) is 19.7. The summed E-state index contributed by atoms with van der Waals surface area (Å²) in [5.74, 6) is -0.142. The van der Waals surface area contributed by atoms with Gasteiger partial charge in [0.05, 0.1) is 12.2 Å². The molecule has 0 unspecified atom stereocenters. The van der Waals surface area contributed by atoms with Gasteiger partial charge in [-0.25, -0.2) is 4.68 Å². The Hall–Kier alpha value is -4.78. The molecule has 0 aliphatic carbocycles. The number of amides is 1. The first kappa shape index (κ1) is 23.0. The molecule has 36 heavy (non-hydrogen) atoms. The number of benzene rings is 2. The van der Waals surface area contributed by atoms with Crippen LogP contribution in [-0.4, -0.2) is 37.0 Å². The molecule has 0 atom stereocenters. The van der Waals surface area contributed by atoms with Gasteiger partial charge in [0.15, 0.2) is 0 Å². The average Bonchev–Trinajstić information content (AvgIpc) is 3.60. The third kappa shape index (κ3) is 5.82. The Kier molecular flexibility index (Phi) is 7.09. The minimum absolute atomic E-state index is 0.142. The third-order valence-corrected chi connectivity index (χ3v) is 5.74.